The van der Waals surface area contributed by atoms with Crippen LogP contribution in [-0.4, -0.2) is 50.0 Å². The van der Waals surface area contributed by atoms with Gasteiger partial charge in [-0.25, -0.2) is 0 Å². The Balaban J connectivity index is 1.99. The minimum atomic E-state index is -0.593. The highest BCUT2D eigenvalue weighted by Gasteiger charge is 2.43. The Morgan fingerprint density at radius 3 is 2.63 bits per heavy atom. The van der Waals surface area contributed by atoms with Gasteiger partial charge in [0, 0.05) is 23.7 Å². The van der Waals surface area contributed by atoms with Crippen LogP contribution < -0.4 is 10.2 Å². The molecular formula is C23H23ClN2O4. The van der Waals surface area contributed by atoms with Crippen molar-refractivity contribution in [3.05, 3.63) is 74.1 Å². The molecule has 0 N–H and O–H groups in total. The lowest BCUT2D eigenvalue weighted by molar-refractivity contribution is 0.0715. The topological polar surface area (TPSA) is 63.0 Å². The van der Waals surface area contributed by atoms with Crippen molar-refractivity contribution in [3.8, 4) is 5.75 Å². The Kier molecular flexibility index (Phi) is 5.30. The summed E-state index contributed by atoms with van der Waals surface area (Å²) in [5.41, 5.74) is 1.97. The third-order valence-corrected chi connectivity index (χ3v) is 5.88. The van der Waals surface area contributed by atoms with E-state index in [2.05, 4.69) is 0 Å². The zero-order chi connectivity index (χ0) is 21.6. The second-order valence-corrected chi connectivity index (χ2v) is 8.13. The Morgan fingerprint density at radius 2 is 1.93 bits per heavy atom. The number of benzene rings is 2. The summed E-state index contributed by atoms with van der Waals surface area (Å²) in [6.45, 7) is 2.91. The van der Waals surface area contributed by atoms with E-state index in [4.69, 9.17) is 20.8 Å². The molecule has 1 amide bonds. The number of nitrogens with zero attached hydrogens (tertiary/aromatic N) is 2. The molecule has 1 aromatic heterocycles. The number of ether oxygens (including phenoxy) is 1. The van der Waals surface area contributed by atoms with Crippen LogP contribution >= 0.6 is 11.6 Å². The average molecular weight is 427 g/mol. The number of carbonyl (C=O) groups excluding carboxylic acids is 1. The minimum Gasteiger partial charge on any atom is -0.496 e. The lowest BCUT2D eigenvalue weighted by Crippen LogP contribution is -2.35. The second kappa shape index (κ2) is 7.78. The molecule has 1 unspecified atom stereocenters. The second-order valence-electron chi connectivity index (χ2n) is 7.72. The summed E-state index contributed by atoms with van der Waals surface area (Å²) < 4.78 is 11.5. The molecule has 2 heterocycles. The van der Waals surface area contributed by atoms with E-state index in [0.717, 1.165) is 11.1 Å². The van der Waals surface area contributed by atoms with Gasteiger partial charge in [0.15, 0.2) is 5.43 Å². The van der Waals surface area contributed by atoms with Crippen molar-refractivity contribution >= 4 is 28.5 Å². The molecule has 0 spiro atoms. The molecule has 4 rings (SSSR count). The van der Waals surface area contributed by atoms with Crippen molar-refractivity contribution in [1.82, 2.24) is 9.80 Å². The van der Waals surface area contributed by atoms with E-state index in [-0.39, 0.29) is 17.1 Å². The number of para-hydroxylation sites is 1. The molecule has 0 saturated heterocycles. The number of aryl methyl sites for hydroxylation is 1. The zero-order valence-corrected chi connectivity index (χ0v) is 18.1. The molecule has 2 aromatic carbocycles. The molecule has 0 saturated carbocycles. The SMILES string of the molecule is COc1ccccc1C1c2c(oc3cc(C)c(Cl)cc3c2=O)C(=O)N1CCN(C)C. The molecule has 1 atom stereocenters. The molecule has 156 valence electrons. The average Bonchev–Trinajstić information content (AvgIpc) is 3.00. The van der Waals surface area contributed by atoms with Gasteiger partial charge in [-0.15, -0.1) is 0 Å². The number of likely N-dealkylation sites (N-methyl/N-ethyl adjacent to an activating group) is 1. The summed E-state index contributed by atoms with van der Waals surface area (Å²) in [6.07, 6.45) is 0. The largest absolute Gasteiger partial charge is 0.496 e. The fourth-order valence-electron chi connectivity index (χ4n) is 3.89. The van der Waals surface area contributed by atoms with Crippen LogP contribution in [0.2, 0.25) is 5.02 Å². The molecular weight excluding hydrogens is 404 g/mol. The summed E-state index contributed by atoms with van der Waals surface area (Å²) >= 11 is 6.27. The van der Waals surface area contributed by atoms with Gasteiger partial charge in [0.1, 0.15) is 11.3 Å². The monoisotopic (exact) mass is 426 g/mol. The standard InChI is InChI=1S/C23H23ClN2O4/c1-13-11-18-15(12-16(13)24)21(27)19-20(14-7-5-6-8-17(14)29-4)26(10-9-25(2)3)23(28)22(19)30-18/h5-8,11-12,20H,9-10H2,1-4H3. The minimum absolute atomic E-state index is 0.0869. The van der Waals surface area contributed by atoms with Gasteiger partial charge < -0.3 is 19.0 Å². The first-order chi connectivity index (χ1) is 14.3. The van der Waals surface area contributed by atoms with Crippen LogP contribution in [0.5, 0.6) is 5.75 Å². The highest BCUT2D eigenvalue weighted by molar-refractivity contribution is 6.32. The van der Waals surface area contributed by atoms with Crippen LogP contribution in [0.15, 0.2) is 45.6 Å². The zero-order valence-electron chi connectivity index (χ0n) is 17.4. The van der Waals surface area contributed by atoms with Gasteiger partial charge >= 0.3 is 0 Å². The number of carbonyl (C=O) groups is 1. The highest BCUT2D eigenvalue weighted by Crippen LogP contribution is 2.41. The van der Waals surface area contributed by atoms with Crippen molar-refractivity contribution in [2.45, 2.75) is 13.0 Å². The first-order valence-electron chi connectivity index (χ1n) is 9.69. The number of hydrogen-bond donors (Lipinski definition) is 0. The van der Waals surface area contributed by atoms with E-state index in [1.165, 1.54) is 0 Å². The Hall–Kier alpha value is -2.83. The van der Waals surface area contributed by atoms with E-state index >= 15 is 0 Å². The lowest BCUT2D eigenvalue weighted by atomic mass is 9.97. The lowest BCUT2D eigenvalue weighted by Gasteiger charge is -2.27. The quantitative estimate of drug-likeness (QED) is 0.619. The number of rotatable bonds is 5. The molecule has 0 bridgehead atoms. The fraction of sp³-hybridized carbons (Fsp3) is 0.304. The predicted molar refractivity (Wildman–Crippen MR) is 117 cm³/mol. The third-order valence-electron chi connectivity index (χ3n) is 5.47. The number of hydrogen-bond acceptors (Lipinski definition) is 5. The molecule has 3 aromatic rings. The van der Waals surface area contributed by atoms with Crippen LogP contribution in [0.1, 0.15) is 33.3 Å². The summed E-state index contributed by atoms with van der Waals surface area (Å²) in [5, 5.41) is 0.851. The van der Waals surface area contributed by atoms with E-state index in [1.807, 2.05) is 50.2 Å². The van der Waals surface area contributed by atoms with Crippen LogP contribution in [-0.2, 0) is 0 Å². The van der Waals surface area contributed by atoms with Gasteiger partial charge in [0.05, 0.1) is 24.1 Å². The third kappa shape index (κ3) is 3.26. The molecule has 1 aliphatic rings. The molecule has 30 heavy (non-hydrogen) atoms. The van der Waals surface area contributed by atoms with Gasteiger partial charge in [0.2, 0.25) is 5.76 Å². The first kappa shape index (κ1) is 20.4. The molecule has 1 aliphatic heterocycles. The smallest absolute Gasteiger partial charge is 0.290 e. The number of fused-ring (bicyclic) bond motifs is 2. The van der Waals surface area contributed by atoms with Crippen LogP contribution in [0.25, 0.3) is 11.0 Å². The van der Waals surface area contributed by atoms with E-state index < -0.39 is 6.04 Å². The summed E-state index contributed by atoms with van der Waals surface area (Å²) in [5.74, 6) is 0.401. The maximum Gasteiger partial charge on any atom is 0.290 e. The van der Waals surface area contributed by atoms with Gasteiger partial charge in [0.25, 0.3) is 5.91 Å². The number of methoxy groups -OCH3 is 1. The van der Waals surface area contributed by atoms with E-state index in [1.54, 1.807) is 24.1 Å². The van der Waals surface area contributed by atoms with Crippen molar-refractivity contribution in [3.63, 3.8) is 0 Å². The Morgan fingerprint density at radius 1 is 1.20 bits per heavy atom. The molecule has 7 heteroatoms. The predicted octanol–water partition coefficient (Wildman–Crippen LogP) is 3.87. The number of halogens is 1. The van der Waals surface area contributed by atoms with Crippen LogP contribution in [0.4, 0.5) is 0 Å². The Labute approximate surface area is 179 Å². The molecule has 0 radical (unpaired) electrons. The van der Waals surface area contributed by atoms with Crippen molar-refractivity contribution in [2.75, 3.05) is 34.3 Å². The van der Waals surface area contributed by atoms with Crippen LogP contribution in [0, 0.1) is 6.92 Å². The molecule has 6 nitrogen and oxygen atoms in total. The summed E-state index contributed by atoms with van der Waals surface area (Å²) in [7, 11) is 5.45. The maximum atomic E-state index is 13.5. The maximum absolute atomic E-state index is 13.5. The molecule has 0 fully saturated rings. The van der Waals surface area contributed by atoms with E-state index in [9.17, 15) is 9.59 Å². The van der Waals surface area contributed by atoms with E-state index in [0.29, 0.717) is 40.4 Å². The Bertz CT molecular complexity index is 1200. The van der Waals surface area contributed by atoms with Gasteiger partial charge in [-0.1, -0.05) is 29.8 Å². The summed E-state index contributed by atoms with van der Waals surface area (Å²) in [6, 6.07) is 10.1. The highest BCUT2D eigenvalue weighted by atomic mass is 35.5. The van der Waals surface area contributed by atoms with Gasteiger partial charge in [-0.05, 0) is 44.8 Å². The van der Waals surface area contributed by atoms with Crippen molar-refractivity contribution in [2.24, 2.45) is 0 Å². The van der Waals surface area contributed by atoms with Crippen molar-refractivity contribution in [1.29, 1.82) is 0 Å². The fourth-order valence-corrected chi connectivity index (χ4v) is 4.06. The van der Waals surface area contributed by atoms with Crippen molar-refractivity contribution < 1.29 is 13.9 Å². The molecule has 0 aliphatic carbocycles. The normalized spacial score (nSPS) is 15.9. The summed E-state index contributed by atoms with van der Waals surface area (Å²) in [4.78, 5) is 30.6. The number of amides is 1. The van der Waals surface area contributed by atoms with Crippen LogP contribution in [0.3, 0.4) is 0 Å². The first-order valence-corrected chi connectivity index (χ1v) is 10.1. The van der Waals surface area contributed by atoms with Gasteiger partial charge in [-0.2, -0.15) is 0 Å². The van der Waals surface area contributed by atoms with Gasteiger partial charge in [-0.3, -0.25) is 9.59 Å².